The Morgan fingerprint density at radius 3 is 2.18 bits per heavy atom. The second-order valence-electron chi connectivity index (χ2n) is 7.99. The molecule has 0 radical (unpaired) electrons. The van der Waals surface area contributed by atoms with Crippen molar-refractivity contribution in [2.45, 2.75) is 4.90 Å². The Kier molecular flexibility index (Phi) is 9.65. The van der Waals surface area contributed by atoms with Gasteiger partial charge in [0.05, 0.1) is 5.75 Å². The number of hydrogen-bond acceptors (Lipinski definition) is 5. The number of carbonyl (C=O) groups is 3. The fourth-order valence-electron chi connectivity index (χ4n) is 3.28. The Bertz CT molecular complexity index is 1430. The first-order chi connectivity index (χ1) is 18.5. The van der Waals surface area contributed by atoms with Crippen LogP contribution < -0.4 is 16.0 Å². The van der Waals surface area contributed by atoms with Crippen molar-refractivity contribution in [2.75, 3.05) is 16.4 Å². The number of carbonyl (C=O) groups excluding carboxylic acids is 3. The molecule has 0 aliphatic carbocycles. The van der Waals surface area contributed by atoms with E-state index in [0.29, 0.717) is 16.8 Å². The van der Waals surface area contributed by atoms with Gasteiger partial charge in [0.2, 0.25) is 5.91 Å². The minimum Gasteiger partial charge on any atom is -0.325 e. The minimum atomic E-state index is -0.476. The van der Waals surface area contributed by atoms with Gasteiger partial charge in [-0.25, -0.2) is 0 Å². The van der Waals surface area contributed by atoms with Crippen LogP contribution in [0.5, 0.6) is 0 Å². The number of thioether (sulfide) groups is 1. The van der Waals surface area contributed by atoms with Crippen LogP contribution in [0, 0.1) is 3.57 Å². The van der Waals surface area contributed by atoms with Gasteiger partial charge in [-0.3, -0.25) is 19.4 Å². The summed E-state index contributed by atoms with van der Waals surface area (Å²) in [5.74, 6) is -0.726. The van der Waals surface area contributed by atoms with Crippen molar-refractivity contribution in [1.29, 1.82) is 0 Å². The molecule has 1 aromatic heterocycles. The van der Waals surface area contributed by atoms with Gasteiger partial charge in [-0.05, 0) is 101 Å². The van der Waals surface area contributed by atoms with Gasteiger partial charge in [0.1, 0.15) is 5.70 Å². The van der Waals surface area contributed by atoms with Gasteiger partial charge in [0.15, 0.2) is 0 Å². The van der Waals surface area contributed by atoms with Gasteiger partial charge >= 0.3 is 0 Å². The first kappa shape index (κ1) is 27.1. The number of nitrogens with zero attached hydrogens (tertiary/aromatic N) is 1. The summed E-state index contributed by atoms with van der Waals surface area (Å²) in [7, 11) is 0. The van der Waals surface area contributed by atoms with Crippen LogP contribution in [0.25, 0.3) is 6.08 Å². The molecule has 3 amide bonds. The lowest BCUT2D eigenvalue weighted by molar-refractivity contribution is -0.114. The summed E-state index contributed by atoms with van der Waals surface area (Å²) >= 11 is 3.60. The molecular formula is C29H23IN4O3S. The van der Waals surface area contributed by atoms with E-state index in [9.17, 15) is 14.4 Å². The standard InChI is InChI=1S/C29H23IN4O3S/c30-22-8-10-23(11-9-22)32-27(35)19-38-25-14-12-24(13-15-25)33-29(37)26(17-20-5-4-16-31-18-20)34-28(36)21-6-2-1-3-7-21/h1-18H,19H2,(H,32,35)(H,33,37)(H,34,36)/b26-17-. The average Bonchev–Trinajstić information content (AvgIpc) is 2.94. The highest BCUT2D eigenvalue weighted by atomic mass is 127. The lowest BCUT2D eigenvalue weighted by atomic mass is 10.2. The smallest absolute Gasteiger partial charge is 0.272 e. The number of amides is 3. The van der Waals surface area contributed by atoms with Crippen molar-refractivity contribution in [1.82, 2.24) is 10.3 Å². The highest BCUT2D eigenvalue weighted by Crippen LogP contribution is 2.21. The monoisotopic (exact) mass is 634 g/mol. The number of hydrogen-bond donors (Lipinski definition) is 3. The predicted molar refractivity (Wildman–Crippen MR) is 160 cm³/mol. The highest BCUT2D eigenvalue weighted by Gasteiger charge is 2.15. The first-order valence-electron chi connectivity index (χ1n) is 11.5. The average molecular weight is 634 g/mol. The second-order valence-corrected chi connectivity index (χ2v) is 10.3. The second kappa shape index (κ2) is 13.5. The number of benzene rings is 3. The third kappa shape index (κ3) is 8.29. The number of anilines is 2. The van der Waals surface area contributed by atoms with Gasteiger partial charge in [-0.2, -0.15) is 0 Å². The number of aromatic nitrogens is 1. The zero-order valence-corrected chi connectivity index (χ0v) is 23.0. The van der Waals surface area contributed by atoms with Crippen LogP contribution in [-0.2, 0) is 9.59 Å². The normalized spacial score (nSPS) is 10.9. The van der Waals surface area contributed by atoms with E-state index in [4.69, 9.17) is 0 Å². The topological polar surface area (TPSA) is 100 Å². The maximum atomic E-state index is 13.1. The molecule has 190 valence electrons. The molecule has 0 saturated heterocycles. The lowest BCUT2D eigenvalue weighted by Crippen LogP contribution is -2.30. The van der Waals surface area contributed by atoms with E-state index in [0.717, 1.165) is 14.2 Å². The Morgan fingerprint density at radius 2 is 1.50 bits per heavy atom. The van der Waals surface area contributed by atoms with E-state index in [2.05, 4.69) is 43.5 Å². The molecule has 4 aromatic rings. The molecule has 0 aliphatic rings. The largest absolute Gasteiger partial charge is 0.325 e. The lowest BCUT2D eigenvalue weighted by Gasteiger charge is -2.12. The molecular weight excluding hydrogens is 611 g/mol. The number of pyridine rings is 1. The van der Waals surface area contributed by atoms with E-state index in [1.807, 2.05) is 42.5 Å². The van der Waals surface area contributed by atoms with Crippen LogP contribution in [0.3, 0.4) is 0 Å². The van der Waals surface area contributed by atoms with E-state index in [1.165, 1.54) is 11.8 Å². The summed E-state index contributed by atoms with van der Waals surface area (Å²) in [5.41, 5.74) is 2.49. The third-order valence-corrected chi connectivity index (χ3v) is 6.87. The van der Waals surface area contributed by atoms with E-state index in [-0.39, 0.29) is 17.4 Å². The van der Waals surface area contributed by atoms with Crippen LogP contribution in [0.15, 0.2) is 114 Å². The number of rotatable bonds is 9. The SMILES string of the molecule is O=C(CSc1ccc(NC(=O)/C(=C/c2cccnc2)NC(=O)c2ccccc2)cc1)Nc1ccc(I)cc1. The molecule has 4 rings (SSSR count). The van der Waals surface area contributed by atoms with Crippen molar-refractivity contribution in [3.8, 4) is 0 Å². The Labute approximate surface area is 238 Å². The predicted octanol–water partition coefficient (Wildman–Crippen LogP) is 5.83. The van der Waals surface area contributed by atoms with Gasteiger partial charge in [-0.1, -0.05) is 24.3 Å². The molecule has 7 nitrogen and oxygen atoms in total. The molecule has 0 unspecified atom stereocenters. The molecule has 0 bridgehead atoms. The molecule has 0 fully saturated rings. The van der Waals surface area contributed by atoms with E-state index < -0.39 is 11.8 Å². The maximum Gasteiger partial charge on any atom is 0.272 e. The third-order valence-electron chi connectivity index (χ3n) is 5.13. The number of halogens is 1. The van der Waals surface area contributed by atoms with Crippen LogP contribution in [0.4, 0.5) is 11.4 Å². The number of nitrogens with one attached hydrogen (secondary N) is 3. The first-order valence-corrected chi connectivity index (χ1v) is 13.6. The zero-order valence-electron chi connectivity index (χ0n) is 20.1. The van der Waals surface area contributed by atoms with Gasteiger partial charge in [0.25, 0.3) is 11.8 Å². The molecule has 0 spiro atoms. The van der Waals surface area contributed by atoms with Gasteiger partial charge in [-0.15, -0.1) is 11.8 Å². The molecule has 0 saturated carbocycles. The van der Waals surface area contributed by atoms with E-state index >= 15 is 0 Å². The summed E-state index contributed by atoms with van der Waals surface area (Å²) in [6.07, 6.45) is 4.80. The highest BCUT2D eigenvalue weighted by molar-refractivity contribution is 14.1. The van der Waals surface area contributed by atoms with E-state index in [1.54, 1.807) is 67.0 Å². The van der Waals surface area contributed by atoms with Crippen LogP contribution >= 0.6 is 34.4 Å². The van der Waals surface area contributed by atoms with Gasteiger partial charge in [0, 0.05) is 37.8 Å². The molecule has 3 aromatic carbocycles. The molecule has 1 heterocycles. The van der Waals surface area contributed by atoms with Crippen molar-refractivity contribution in [3.63, 3.8) is 0 Å². The Morgan fingerprint density at radius 1 is 0.816 bits per heavy atom. The summed E-state index contributed by atoms with van der Waals surface area (Å²) in [6, 6.07) is 26.9. The van der Waals surface area contributed by atoms with Crippen molar-refractivity contribution < 1.29 is 14.4 Å². The maximum absolute atomic E-state index is 13.1. The van der Waals surface area contributed by atoms with Crippen LogP contribution in [0.1, 0.15) is 15.9 Å². The Balaban J connectivity index is 1.38. The minimum absolute atomic E-state index is 0.0811. The summed E-state index contributed by atoms with van der Waals surface area (Å²) in [6.45, 7) is 0. The van der Waals surface area contributed by atoms with Crippen LogP contribution in [-0.4, -0.2) is 28.5 Å². The fraction of sp³-hybridized carbons (Fsp3) is 0.0345. The summed E-state index contributed by atoms with van der Waals surface area (Å²) in [4.78, 5) is 43.0. The van der Waals surface area contributed by atoms with Crippen LogP contribution in [0.2, 0.25) is 0 Å². The molecule has 38 heavy (non-hydrogen) atoms. The Hall–Kier alpha value is -3.96. The quantitative estimate of drug-likeness (QED) is 0.122. The molecule has 0 aliphatic heterocycles. The fourth-order valence-corrected chi connectivity index (χ4v) is 4.34. The molecule has 0 atom stereocenters. The van der Waals surface area contributed by atoms with Gasteiger partial charge < -0.3 is 16.0 Å². The molecule has 3 N–H and O–H groups in total. The molecule has 9 heteroatoms. The van der Waals surface area contributed by atoms with Crippen molar-refractivity contribution in [3.05, 3.63) is 124 Å². The summed E-state index contributed by atoms with van der Waals surface area (Å²) < 4.78 is 1.10. The van der Waals surface area contributed by atoms with Crippen molar-refractivity contribution >= 4 is 69.5 Å². The summed E-state index contributed by atoms with van der Waals surface area (Å²) in [5, 5.41) is 8.39. The zero-order chi connectivity index (χ0) is 26.7. The van der Waals surface area contributed by atoms with Crippen molar-refractivity contribution in [2.24, 2.45) is 0 Å².